The van der Waals surface area contributed by atoms with Crippen molar-refractivity contribution in [1.29, 1.82) is 0 Å². The van der Waals surface area contributed by atoms with E-state index in [1.165, 1.54) is 24.3 Å². The molecular formula is C25H26N6O5S2. The highest BCUT2D eigenvalue weighted by molar-refractivity contribution is 7.93. The number of benzene rings is 3. The van der Waals surface area contributed by atoms with Gasteiger partial charge in [0.15, 0.2) is 11.4 Å². The maximum atomic E-state index is 13.7. The lowest BCUT2D eigenvalue weighted by Crippen LogP contribution is -2.37. The van der Waals surface area contributed by atoms with Gasteiger partial charge in [0, 0.05) is 35.7 Å². The number of hydrogen-bond acceptors (Lipinski definition) is 8. The number of anilines is 4. The van der Waals surface area contributed by atoms with E-state index in [-0.39, 0.29) is 26.8 Å². The smallest absolute Gasteiger partial charge is 0.265 e. The Morgan fingerprint density at radius 2 is 1.63 bits per heavy atom. The van der Waals surface area contributed by atoms with Crippen LogP contribution in [0, 0.1) is 0 Å². The largest absolute Gasteiger partial charge is 0.378 e. The molecule has 1 aliphatic heterocycles. The van der Waals surface area contributed by atoms with Crippen molar-refractivity contribution in [1.82, 2.24) is 5.43 Å². The number of nitrogens with two attached hydrogens (primary N) is 1. The predicted molar refractivity (Wildman–Crippen MR) is 150 cm³/mol. The highest BCUT2D eigenvalue weighted by Crippen LogP contribution is 2.31. The molecule has 0 aliphatic carbocycles. The van der Waals surface area contributed by atoms with Gasteiger partial charge in [-0.25, -0.2) is 14.3 Å². The lowest BCUT2D eigenvalue weighted by Gasteiger charge is -2.30. The van der Waals surface area contributed by atoms with Crippen molar-refractivity contribution in [2.45, 2.75) is 4.90 Å². The number of nitrogens with one attached hydrogen (secondary N) is 4. The number of sulfonamides is 1. The van der Waals surface area contributed by atoms with Gasteiger partial charge in [-0.1, -0.05) is 18.2 Å². The fraction of sp³-hybridized carbons (Fsp3) is 0.160. The van der Waals surface area contributed by atoms with E-state index in [2.05, 4.69) is 15.4 Å². The minimum absolute atomic E-state index is 0.00352. The molecular weight excluding hydrogens is 528 g/mol. The standard InChI is InChI=1S/C25H26N6O5S2/c26-29-24(33)21-14-20(7-6-17(21)16-32)30-38(34,35)23-15-19(8-9-22(23)31-10-12-36-13-11-31)28-25(37)27-18-4-2-1-3-5-18/h1-9,14-16,30H,10-13,26H2,(H,29,33)(H2,27,28,37). The molecule has 0 aromatic heterocycles. The number of carbonyl (C=O) groups excluding carboxylic acids is 2. The zero-order valence-electron chi connectivity index (χ0n) is 20.1. The quantitative estimate of drug-likeness (QED) is 0.0922. The Morgan fingerprint density at radius 1 is 0.947 bits per heavy atom. The third-order valence-corrected chi connectivity index (χ3v) is 7.31. The zero-order chi connectivity index (χ0) is 27.1. The van der Waals surface area contributed by atoms with Crippen LogP contribution < -0.4 is 31.5 Å². The lowest BCUT2D eigenvalue weighted by atomic mass is 10.1. The normalized spacial score (nSPS) is 13.3. The average molecular weight is 555 g/mol. The van der Waals surface area contributed by atoms with E-state index >= 15 is 0 Å². The van der Waals surface area contributed by atoms with Crippen molar-refractivity contribution in [3.63, 3.8) is 0 Å². The minimum atomic E-state index is -4.17. The molecule has 198 valence electrons. The Kier molecular flexibility index (Phi) is 8.53. The first-order valence-corrected chi connectivity index (χ1v) is 13.4. The molecule has 1 amide bonds. The van der Waals surface area contributed by atoms with Crippen molar-refractivity contribution >= 4 is 62.3 Å². The van der Waals surface area contributed by atoms with Gasteiger partial charge in [-0.2, -0.15) is 0 Å². The molecule has 1 heterocycles. The SMILES string of the molecule is NNC(=O)c1cc(NS(=O)(=O)c2cc(NC(=S)Nc3ccccc3)ccc2N2CCOCC2)ccc1C=O. The predicted octanol–water partition coefficient (Wildman–Crippen LogP) is 2.55. The number of aldehydes is 1. The van der Waals surface area contributed by atoms with Crippen molar-refractivity contribution in [3.8, 4) is 0 Å². The third-order valence-electron chi connectivity index (χ3n) is 5.70. The number of carbonyl (C=O) groups is 2. The van der Waals surface area contributed by atoms with Gasteiger partial charge in [0.25, 0.3) is 15.9 Å². The van der Waals surface area contributed by atoms with Crippen LogP contribution in [-0.4, -0.2) is 52.0 Å². The van der Waals surface area contributed by atoms with E-state index in [4.69, 9.17) is 22.8 Å². The molecule has 0 atom stereocenters. The summed E-state index contributed by atoms with van der Waals surface area (Å²) in [6, 6.07) is 18.2. The number of para-hydroxylation sites is 1. The number of hydrogen-bond donors (Lipinski definition) is 5. The summed E-state index contributed by atoms with van der Waals surface area (Å²) in [5.74, 6) is 4.48. The molecule has 1 aliphatic rings. The van der Waals surface area contributed by atoms with E-state index in [0.717, 1.165) is 5.69 Å². The summed E-state index contributed by atoms with van der Waals surface area (Å²) in [7, 11) is -4.17. The number of morpholine rings is 1. The molecule has 3 aromatic carbocycles. The van der Waals surface area contributed by atoms with Crippen LogP contribution >= 0.6 is 12.2 Å². The van der Waals surface area contributed by atoms with Crippen LogP contribution in [0.15, 0.2) is 71.6 Å². The molecule has 3 aromatic rings. The van der Waals surface area contributed by atoms with Crippen molar-refractivity contribution in [2.24, 2.45) is 5.84 Å². The molecule has 0 spiro atoms. The Morgan fingerprint density at radius 3 is 2.32 bits per heavy atom. The highest BCUT2D eigenvalue weighted by atomic mass is 32.2. The van der Waals surface area contributed by atoms with Gasteiger partial charge in [0.05, 0.1) is 24.5 Å². The molecule has 1 fully saturated rings. The topological polar surface area (TPSA) is 155 Å². The Labute approximate surface area is 225 Å². The molecule has 4 rings (SSSR count). The minimum Gasteiger partial charge on any atom is -0.378 e. The van der Waals surface area contributed by atoms with Crippen LogP contribution in [0.3, 0.4) is 0 Å². The number of nitrogen functional groups attached to an aromatic ring is 1. The van der Waals surface area contributed by atoms with Crippen molar-refractivity contribution < 1.29 is 22.7 Å². The highest BCUT2D eigenvalue weighted by Gasteiger charge is 2.25. The second-order valence-electron chi connectivity index (χ2n) is 8.23. The van der Waals surface area contributed by atoms with Gasteiger partial charge in [-0.3, -0.25) is 19.7 Å². The van der Waals surface area contributed by atoms with Crippen LogP contribution in [0.2, 0.25) is 0 Å². The summed E-state index contributed by atoms with van der Waals surface area (Å²) < 4.78 is 35.2. The fourth-order valence-corrected chi connectivity index (χ4v) is 5.43. The molecule has 6 N–H and O–H groups in total. The summed E-state index contributed by atoms with van der Waals surface area (Å²) in [4.78, 5) is 25.3. The first kappa shape index (κ1) is 27.0. The fourth-order valence-electron chi connectivity index (χ4n) is 3.89. The second-order valence-corrected chi connectivity index (χ2v) is 10.3. The summed E-state index contributed by atoms with van der Waals surface area (Å²) in [5, 5.41) is 6.36. The maximum absolute atomic E-state index is 13.7. The molecule has 38 heavy (non-hydrogen) atoms. The number of rotatable bonds is 8. The first-order valence-electron chi connectivity index (χ1n) is 11.5. The monoisotopic (exact) mass is 554 g/mol. The van der Waals surface area contributed by atoms with Crippen molar-refractivity contribution in [3.05, 3.63) is 77.9 Å². The van der Waals surface area contributed by atoms with Gasteiger partial charge in [0.1, 0.15) is 4.90 Å². The zero-order valence-corrected chi connectivity index (χ0v) is 21.8. The number of ether oxygens (including phenoxy) is 1. The molecule has 1 saturated heterocycles. The van der Waals surface area contributed by atoms with Gasteiger partial charge >= 0.3 is 0 Å². The maximum Gasteiger partial charge on any atom is 0.265 e. The van der Waals surface area contributed by atoms with E-state index in [0.29, 0.717) is 44.0 Å². The van der Waals surface area contributed by atoms with E-state index in [1.807, 2.05) is 40.7 Å². The van der Waals surface area contributed by atoms with Crippen molar-refractivity contribution in [2.75, 3.05) is 46.6 Å². The van der Waals surface area contributed by atoms with E-state index in [1.54, 1.807) is 12.1 Å². The summed E-state index contributed by atoms with van der Waals surface area (Å²) in [6.07, 6.45) is 0.487. The molecule has 11 nitrogen and oxygen atoms in total. The molecule has 0 radical (unpaired) electrons. The average Bonchev–Trinajstić information content (AvgIpc) is 2.93. The van der Waals surface area contributed by atoms with Gasteiger partial charge in [-0.15, -0.1) is 0 Å². The van der Waals surface area contributed by atoms with Gasteiger partial charge in [0.2, 0.25) is 0 Å². The number of thiocarbonyl (C=S) groups is 1. The molecule has 0 saturated carbocycles. The van der Waals surface area contributed by atoms with E-state index in [9.17, 15) is 18.0 Å². The van der Waals surface area contributed by atoms with Crippen LogP contribution in [0.25, 0.3) is 0 Å². The molecule has 13 heteroatoms. The summed E-state index contributed by atoms with van der Waals surface area (Å²) >= 11 is 5.40. The summed E-state index contributed by atoms with van der Waals surface area (Å²) in [5.41, 5.74) is 3.75. The Hall–Kier alpha value is -4.04. The van der Waals surface area contributed by atoms with Gasteiger partial charge < -0.3 is 20.3 Å². The number of hydrazine groups is 1. The molecule has 0 bridgehead atoms. The third kappa shape index (κ3) is 6.44. The number of nitrogens with zero attached hydrogens (tertiary/aromatic N) is 1. The first-order chi connectivity index (χ1) is 18.3. The second kappa shape index (κ2) is 12.0. The van der Waals surface area contributed by atoms with Gasteiger partial charge in [-0.05, 0) is 60.7 Å². The van der Waals surface area contributed by atoms with Crippen LogP contribution in [0.5, 0.6) is 0 Å². The lowest BCUT2D eigenvalue weighted by molar-refractivity contribution is 0.0948. The van der Waals surface area contributed by atoms with Crippen LogP contribution in [0.1, 0.15) is 20.7 Å². The Bertz CT molecular complexity index is 1440. The Balaban J connectivity index is 1.66. The van der Waals surface area contributed by atoms with Crippen LogP contribution in [-0.2, 0) is 14.8 Å². The van der Waals surface area contributed by atoms with Crippen LogP contribution in [0.4, 0.5) is 22.7 Å². The molecule has 0 unspecified atom stereocenters. The number of amides is 1. The summed E-state index contributed by atoms with van der Waals surface area (Å²) in [6.45, 7) is 1.95. The van der Waals surface area contributed by atoms with E-state index < -0.39 is 15.9 Å².